The number of carbonyl (C=O) groups is 1. The fourth-order valence-electron chi connectivity index (χ4n) is 1.89. The second-order valence-electron chi connectivity index (χ2n) is 4.78. The van der Waals surface area contributed by atoms with Crippen molar-refractivity contribution in [2.75, 3.05) is 5.32 Å². The summed E-state index contributed by atoms with van der Waals surface area (Å²) in [4.78, 5) is 11.9. The zero-order chi connectivity index (χ0) is 13.1. The van der Waals surface area contributed by atoms with Crippen molar-refractivity contribution in [3.8, 4) is 0 Å². The third-order valence-electron chi connectivity index (χ3n) is 3.10. The molecule has 0 saturated heterocycles. The van der Waals surface area contributed by atoms with Gasteiger partial charge in [-0.3, -0.25) is 9.89 Å². The Labute approximate surface area is 111 Å². The van der Waals surface area contributed by atoms with Crippen molar-refractivity contribution in [2.24, 2.45) is 0 Å². The lowest BCUT2D eigenvalue weighted by molar-refractivity contribution is 0.102. The molecule has 0 radical (unpaired) electrons. The van der Waals surface area contributed by atoms with Crippen LogP contribution >= 0.6 is 0 Å². The molecule has 1 aromatic heterocycles. The van der Waals surface area contributed by atoms with Gasteiger partial charge in [0.25, 0.3) is 5.91 Å². The highest BCUT2D eigenvalue weighted by molar-refractivity contribution is 6.02. The number of benzene rings is 1. The Morgan fingerprint density at radius 3 is 3.00 bits per heavy atom. The molecule has 1 heterocycles. The summed E-state index contributed by atoms with van der Waals surface area (Å²) >= 11 is 0. The second kappa shape index (κ2) is 5.24. The molecule has 5 heteroatoms. The summed E-state index contributed by atoms with van der Waals surface area (Å²) in [5.41, 5.74) is 2.44. The first-order valence-electron chi connectivity index (χ1n) is 6.44. The van der Waals surface area contributed by atoms with Crippen LogP contribution in [-0.4, -0.2) is 22.1 Å². The number of hydrogen-bond donors (Lipinski definition) is 3. The molecule has 1 amide bonds. The Morgan fingerprint density at radius 2 is 2.26 bits per heavy atom. The fraction of sp³-hybridized carbons (Fsp3) is 0.286. The molecule has 0 atom stereocenters. The predicted octanol–water partition coefficient (Wildman–Crippen LogP) is 1.91. The van der Waals surface area contributed by atoms with Crippen LogP contribution in [0.1, 0.15) is 28.9 Å². The molecule has 1 fully saturated rings. The molecular weight excluding hydrogens is 240 g/mol. The van der Waals surface area contributed by atoms with Gasteiger partial charge in [-0.25, -0.2) is 0 Å². The summed E-state index contributed by atoms with van der Waals surface area (Å²) in [6.45, 7) is 0.846. The third kappa shape index (κ3) is 3.20. The standard InChI is InChI=1S/C14H16N4O/c19-14(13-6-7-16-18-13)17-12-3-1-2-10(8-12)9-15-11-4-5-11/h1-3,6-8,11,15H,4-5,9H2,(H,16,18)(H,17,19). The number of aromatic nitrogens is 2. The van der Waals surface area contributed by atoms with Gasteiger partial charge < -0.3 is 10.6 Å². The number of amides is 1. The maximum absolute atomic E-state index is 11.9. The lowest BCUT2D eigenvalue weighted by Gasteiger charge is -2.07. The highest BCUT2D eigenvalue weighted by Crippen LogP contribution is 2.20. The van der Waals surface area contributed by atoms with E-state index in [4.69, 9.17) is 0 Å². The van der Waals surface area contributed by atoms with Crippen LogP contribution in [0.25, 0.3) is 0 Å². The molecule has 3 rings (SSSR count). The number of nitrogens with zero attached hydrogens (tertiary/aromatic N) is 1. The van der Waals surface area contributed by atoms with E-state index >= 15 is 0 Å². The fourth-order valence-corrected chi connectivity index (χ4v) is 1.89. The highest BCUT2D eigenvalue weighted by Gasteiger charge is 2.19. The van der Waals surface area contributed by atoms with Crippen LogP contribution in [0.2, 0.25) is 0 Å². The maximum Gasteiger partial charge on any atom is 0.273 e. The van der Waals surface area contributed by atoms with Gasteiger partial charge in [-0.05, 0) is 36.6 Å². The van der Waals surface area contributed by atoms with Crippen molar-refractivity contribution in [1.82, 2.24) is 15.5 Å². The van der Waals surface area contributed by atoms with E-state index in [1.165, 1.54) is 18.4 Å². The zero-order valence-electron chi connectivity index (χ0n) is 10.5. The SMILES string of the molecule is O=C(Nc1cccc(CNC2CC2)c1)c1ccn[nH]1. The summed E-state index contributed by atoms with van der Waals surface area (Å²) in [6.07, 6.45) is 4.11. The van der Waals surface area contributed by atoms with Crippen molar-refractivity contribution in [3.63, 3.8) is 0 Å². The van der Waals surface area contributed by atoms with Crippen molar-refractivity contribution in [1.29, 1.82) is 0 Å². The van der Waals surface area contributed by atoms with E-state index < -0.39 is 0 Å². The van der Waals surface area contributed by atoms with E-state index in [1.54, 1.807) is 12.3 Å². The predicted molar refractivity (Wildman–Crippen MR) is 72.8 cm³/mol. The highest BCUT2D eigenvalue weighted by atomic mass is 16.1. The van der Waals surface area contributed by atoms with Crippen LogP contribution in [0.3, 0.4) is 0 Å². The Balaban J connectivity index is 1.63. The molecule has 3 N–H and O–H groups in total. The molecule has 1 aliphatic carbocycles. The minimum absolute atomic E-state index is 0.176. The van der Waals surface area contributed by atoms with Gasteiger partial charge in [0.05, 0.1) is 0 Å². The molecular formula is C14H16N4O. The van der Waals surface area contributed by atoms with Crippen molar-refractivity contribution >= 4 is 11.6 Å². The molecule has 98 valence electrons. The van der Waals surface area contributed by atoms with Crippen LogP contribution in [0.4, 0.5) is 5.69 Å². The van der Waals surface area contributed by atoms with E-state index in [0.717, 1.165) is 12.2 Å². The minimum atomic E-state index is -0.176. The Kier molecular flexibility index (Phi) is 3.29. The average Bonchev–Trinajstić information content (AvgIpc) is 3.08. The van der Waals surface area contributed by atoms with E-state index in [2.05, 4.69) is 26.9 Å². The lowest BCUT2D eigenvalue weighted by atomic mass is 10.2. The first kappa shape index (κ1) is 11.9. The molecule has 2 aromatic rings. The summed E-state index contributed by atoms with van der Waals surface area (Å²) < 4.78 is 0. The van der Waals surface area contributed by atoms with E-state index in [-0.39, 0.29) is 5.91 Å². The summed E-state index contributed by atoms with van der Waals surface area (Å²) in [5.74, 6) is -0.176. The molecule has 0 unspecified atom stereocenters. The first-order valence-corrected chi connectivity index (χ1v) is 6.44. The van der Waals surface area contributed by atoms with Crippen LogP contribution in [0.5, 0.6) is 0 Å². The Morgan fingerprint density at radius 1 is 1.37 bits per heavy atom. The van der Waals surface area contributed by atoms with Gasteiger partial charge in [-0.15, -0.1) is 0 Å². The molecule has 0 spiro atoms. The normalized spacial score (nSPS) is 14.3. The number of H-pyrrole nitrogens is 1. The van der Waals surface area contributed by atoms with Crippen molar-refractivity contribution in [3.05, 3.63) is 47.8 Å². The van der Waals surface area contributed by atoms with Crippen LogP contribution in [0, 0.1) is 0 Å². The van der Waals surface area contributed by atoms with E-state index in [0.29, 0.717) is 11.7 Å². The quantitative estimate of drug-likeness (QED) is 0.765. The largest absolute Gasteiger partial charge is 0.321 e. The molecule has 19 heavy (non-hydrogen) atoms. The number of rotatable bonds is 5. The van der Waals surface area contributed by atoms with Gasteiger partial charge >= 0.3 is 0 Å². The number of hydrogen-bond acceptors (Lipinski definition) is 3. The van der Waals surface area contributed by atoms with Crippen molar-refractivity contribution < 1.29 is 4.79 Å². The van der Waals surface area contributed by atoms with Gasteiger partial charge in [-0.1, -0.05) is 12.1 Å². The van der Waals surface area contributed by atoms with Gasteiger partial charge in [-0.2, -0.15) is 5.10 Å². The molecule has 1 aliphatic rings. The van der Waals surface area contributed by atoms with E-state index in [1.807, 2.05) is 18.2 Å². The zero-order valence-corrected chi connectivity index (χ0v) is 10.5. The maximum atomic E-state index is 11.9. The van der Waals surface area contributed by atoms with Crippen LogP contribution in [0.15, 0.2) is 36.5 Å². The number of aromatic amines is 1. The smallest absolute Gasteiger partial charge is 0.273 e. The summed E-state index contributed by atoms with van der Waals surface area (Å²) in [6, 6.07) is 10.2. The first-order chi connectivity index (χ1) is 9.31. The molecule has 5 nitrogen and oxygen atoms in total. The molecule has 1 saturated carbocycles. The molecule has 0 aliphatic heterocycles. The van der Waals surface area contributed by atoms with Crippen LogP contribution in [-0.2, 0) is 6.54 Å². The Hall–Kier alpha value is -2.14. The topological polar surface area (TPSA) is 69.8 Å². The second-order valence-corrected chi connectivity index (χ2v) is 4.78. The summed E-state index contributed by atoms with van der Waals surface area (Å²) in [7, 11) is 0. The van der Waals surface area contributed by atoms with Gasteiger partial charge in [0.1, 0.15) is 5.69 Å². The number of carbonyl (C=O) groups excluding carboxylic acids is 1. The number of nitrogens with one attached hydrogen (secondary N) is 3. The monoisotopic (exact) mass is 256 g/mol. The Bertz CT molecular complexity index is 561. The minimum Gasteiger partial charge on any atom is -0.321 e. The average molecular weight is 256 g/mol. The van der Waals surface area contributed by atoms with Gasteiger partial charge in [0.2, 0.25) is 0 Å². The molecule has 0 bridgehead atoms. The van der Waals surface area contributed by atoms with Gasteiger partial charge in [0, 0.05) is 24.5 Å². The lowest BCUT2D eigenvalue weighted by Crippen LogP contribution is -2.16. The van der Waals surface area contributed by atoms with E-state index in [9.17, 15) is 4.79 Å². The molecule has 1 aromatic carbocycles. The number of anilines is 1. The van der Waals surface area contributed by atoms with Gasteiger partial charge in [0.15, 0.2) is 0 Å². The summed E-state index contributed by atoms with van der Waals surface area (Å²) in [5, 5.41) is 12.7. The van der Waals surface area contributed by atoms with Crippen LogP contribution < -0.4 is 10.6 Å². The van der Waals surface area contributed by atoms with Crippen molar-refractivity contribution in [2.45, 2.75) is 25.4 Å². The third-order valence-corrected chi connectivity index (χ3v) is 3.10.